The Kier molecular flexibility index (Phi) is 4.58. The molecule has 0 aliphatic carbocycles. The number of benzene rings is 1. The largest absolute Gasteiger partial charge is 0.545 e. The van der Waals surface area contributed by atoms with Crippen molar-refractivity contribution in [1.82, 2.24) is 0 Å². The fourth-order valence-electron chi connectivity index (χ4n) is 1.10. The molecule has 3 heteroatoms. The predicted molar refractivity (Wildman–Crippen MR) is 60.8 cm³/mol. The molecule has 1 rings (SSSR count). The van der Waals surface area contributed by atoms with E-state index in [0.717, 1.165) is 17.4 Å². The van der Waals surface area contributed by atoms with Crippen LogP contribution in [0, 0.1) is 5.92 Å². The number of carbonyl (C=O) groups excluding carboxylic acids is 1. The van der Waals surface area contributed by atoms with Crippen molar-refractivity contribution in [3.8, 4) is 5.75 Å². The molecule has 0 fully saturated rings. The van der Waals surface area contributed by atoms with Crippen LogP contribution in [0.5, 0.6) is 5.75 Å². The minimum absolute atomic E-state index is 0.484. The van der Waals surface area contributed by atoms with Crippen LogP contribution in [0.25, 0.3) is 6.08 Å². The van der Waals surface area contributed by atoms with Crippen LogP contribution in [0.15, 0.2) is 30.3 Å². The van der Waals surface area contributed by atoms with E-state index < -0.39 is 5.97 Å². The Labute approximate surface area is 95.4 Å². The van der Waals surface area contributed by atoms with Crippen molar-refractivity contribution in [3.05, 3.63) is 35.9 Å². The second-order valence-electron chi connectivity index (χ2n) is 3.93. The van der Waals surface area contributed by atoms with Gasteiger partial charge in [-0.15, -0.1) is 0 Å². The second-order valence-corrected chi connectivity index (χ2v) is 3.93. The van der Waals surface area contributed by atoms with Gasteiger partial charge in [0.2, 0.25) is 0 Å². The average molecular weight is 219 g/mol. The van der Waals surface area contributed by atoms with Gasteiger partial charge in [0.1, 0.15) is 5.75 Å². The van der Waals surface area contributed by atoms with Crippen molar-refractivity contribution in [2.45, 2.75) is 13.8 Å². The number of carboxylic acids is 1. The third-order valence-corrected chi connectivity index (χ3v) is 1.88. The molecule has 0 aliphatic rings. The molecular formula is C13H15O3-. The summed E-state index contributed by atoms with van der Waals surface area (Å²) < 4.78 is 5.50. The lowest BCUT2D eigenvalue weighted by Crippen LogP contribution is -2.18. The zero-order valence-corrected chi connectivity index (χ0v) is 9.47. The van der Waals surface area contributed by atoms with Crippen LogP contribution in [0.2, 0.25) is 0 Å². The second kappa shape index (κ2) is 5.95. The standard InChI is InChI=1S/C13H16O3/c1-10(2)9-16-12-6-3-11(4-7-12)5-8-13(14)15/h3-8,10H,9H2,1-2H3,(H,14,15)/p-1/b8-5+. The van der Waals surface area contributed by atoms with E-state index in [0.29, 0.717) is 12.5 Å². The number of carboxylic acid groups (broad SMARTS) is 1. The molecule has 0 unspecified atom stereocenters. The number of hydrogen-bond donors (Lipinski definition) is 0. The van der Waals surface area contributed by atoms with Gasteiger partial charge >= 0.3 is 0 Å². The average Bonchev–Trinajstić information content (AvgIpc) is 2.25. The van der Waals surface area contributed by atoms with Crippen molar-refractivity contribution >= 4 is 12.0 Å². The van der Waals surface area contributed by atoms with Crippen molar-refractivity contribution in [2.24, 2.45) is 5.92 Å². The molecule has 0 heterocycles. The van der Waals surface area contributed by atoms with Gasteiger partial charge in [0.15, 0.2) is 0 Å². The Balaban J connectivity index is 2.57. The van der Waals surface area contributed by atoms with Gasteiger partial charge in [0.05, 0.1) is 12.6 Å². The highest BCUT2D eigenvalue weighted by atomic mass is 16.5. The lowest BCUT2D eigenvalue weighted by molar-refractivity contribution is -0.297. The lowest BCUT2D eigenvalue weighted by atomic mass is 10.2. The molecule has 0 aliphatic heterocycles. The van der Waals surface area contributed by atoms with Crippen molar-refractivity contribution < 1.29 is 14.6 Å². The van der Waals surface area contributed by atoms with Crippen LogP contribution in [0.4, 0.5) is 0 Å². The third kappa shape index (κ3) is 4.64. The maximum absolute atomic E-state index is 10.2. The molecule has 0 aromatic heterocycles. The van der Waals surface area contributed by atoms with Gasteiger partial charge in [-0.25, -0.2) is 0 Å². The van der Waals surface area contributed by atoms with Gasteiger partial charge in [-0.2, -0.15) is 0 Å². The highest BCUT2D eigenvalue weighted by Gasteiger charge is 1.96. The minimum Gasteiger partial charge on any atom is -0.545 e. The highest BCUT2D eigenvalue weighted by Crippen LogP contribution is 2.13. The highest BCUT2D eigenvalue weighted by molar-refractivity contribution is 5.83. The first-order valence-electron chi connectivity index (χ1n) is 5.20. The van der Waals surface area contributed by atoms with Crippen LogP contribution in [0.3, 0.4) is 0 Å². The number of aliphatic carboxylic acids is 1. The fourth-order valence-corrected chi connectivity index (χ4v) is 1.10. The van der Waals surface area contributed by atoms with Crippen LogP contribution in [0.1, 0.15) is 19.4 Å². The normalized spacial score (nSPS) is 10.9. The predicted octanol–water partition coefficient (Wildman–Crippen LogP) is 1.48. The van der Waals surface area contributed by atoms with Gasteiger partial charge in [-0.05, 0) is 29.7 Å². The minimum atomic E-state index is -1.19. The molecule has 1 aromatic rings. The van der Waals surface area contributed by atoms with E-state index in [9.17, 15) is 9.90 Å². The Bertz CT molecular complexity index is 363. The van der Waals surface area contributed by atoms with Crippen molar-refractivity contribution in [3.63, 3.8) is 0 Å². The Hall–Kier alpha value is -1.77. The van der Waals surface area contributed by atoms with E-state index >= 15 is 0 Å². The molecule has 0 bridgehead atoms. The number of hydrogen-bond acceptors (Lipinski definition) is 3. The zero-order chi connectivity index (χ0) is 12.0. The molecule has 1 aromatic carbocycles. The quantitative estimate of drug-likeness (QED) is 0.705. The first-order valence-corrected chi connectivity index (χ1v) is 5.20. The molecule has 0 saturated carbocycles. The molecule has 16 heavy (non-hydrogen) atoms. The summed E-state index contributed by atoms with van der Waals surface area (Å²) in [6.07, 6.45) is 2.49. The van der Waals surface area contributed by atoms with Gasteiger partial charge in [-0.1, -0.05) is 32.1 Å². The summed E-state index contributed by atoms with van der Waals surface area (Å²) in [6.45, 7) is 4.84. The summed E-state index contributed by atoms with van der Waals surface area (Å²) in [5.41, 5.74) is 0.807. The topological polar surface area (TPSA) is 49.4 Å². The van der Waals surface area contributed by atoms with Crippen LogP contribution < -0.4 is 9.84 Å². The van der Waals surface area contributed by atoms with Crippen molar-refractivity contribution in [1.29, 1.82) is 0 Å². The van der Waals surface area contributed by atoms with Gasteiger partial charge in [-0.3, -0.25) is 0 Å². The molecule has 0 amide bonds. The maximum atomic E-state index is 10.2. The molecule has 0 atom stereocenters. The number of ether oxygens (including phenoxy) is 1. The summed E-state index contributed by atoms with van der Waals surface area (Å²) in [7, 11) is 0. The summed E-state index contributed by atoms with van der Waals surface area (Å²) in [5, 5.41) is 10.2. The first kappa shape index (κ1) is 12.3. The van der Waals surface area contributed by atoms with Crippen LogP contribution in [-0.4, -0.2) is 12.6 Å². The number of rotatable bonds is 5. The molecule has 0 spiro atoms. The molecule has 3 nitrogen and oxygen atoms in total. The Morgan fingerprint density at radius 1 is 1.38 bits per heavy atom. The van der Waals surface area contributed by atoms with E-state index in [1.54, 1.807) is 12.1 Å². The summed E-state index contributed by atoms with van der Waals surface area (Å²) in [6, 6.07) is 7.23. The third-order valence-electron chi connectivity index (χ3n) is 1.88. The van der Waals surface area contributed by atoms with E-state index in [1.807, 2.05) is 12.1 Å². The Morgan fingerprint density at radius 2 is 2.00 bits per heavy atom. The Morgan fingerprint density at radius 3 is 2.50 bits per heavy atom. The summed E-state index contributed by atoms with van der Waals surface area (Å²) in [5.74, 6) is 0.0806. The van der Waals surface area contributed by atoms with Crippen LogP contribution >= 0.6 is 0 Å². The summed E-state index contributed by atoms with van der Waals surface area (Å²) >= 11 is 0. The monoisotopic (exact) mass is 219 g/mol. The molecule has 0 N–H and O–H groups in total. The first-order chi connectivity index (χ1) is 7.58. The lowest BCUT2D eigenvalue weighted by Gasteiger charge is -2.08. The fraction of sp³-hybridized carbons (Fsp3) is 0.308. The van der Waals surface area contributed by atoms with E-state index in [2.05, 4.69) is 13.8 Å². The smallest absolute Gasteiger partial charge is 0.119 e. The van der Waals surface area contributed by atoms with Crippen molar-refractivity contribution in [2.75, 3.05) is 6.61 Å². The molecule has 0 saturated heterocycles. The zero-order valence-electron chi connectivity index (χ0n) is 9.47. The van der Waals surface area contributed by atoms with E-state index in [1.165, 1.54) is 6.08 Å². The maximum Gasteiger partial charge on any atom is 0.119 e. The van der Waals surface area contributed by atoms with E-state index in [-0.39, 0.29) is 0 Å². The van der Waals surface area contributed by atoms with Gasteiger partial charge in [0, 0.05) is 0 Å². The molecule has 86 valence electrons. The number of carbonyl (C=O) groups is 1. The van der Waals surface area contributed by atoms with E-state index in [4.69, 9.17) is 4.74 Å². The van der Waals surface area contributed by atoms with Crippen LogP contribution in [-0.2, 0) is 4.79 Å². The molecule has 0 radical (unpaired) electrons. The summed E-state index contributed by atoms with van der Waals surface area (Å²) in [4.78, 5) is 10.2. The molecular weight excluding hydrogens is 204 g/mol. The van der Waals surface area contributed by atoms with Gasteiger partial charge < -0.3 is 14.6 Å². The SMILES string of the molecule is CC(C)COc1ccc(/C=C/C(=O)[O-])cc1. The van der Waals surface area contributed by atoms with Gasteiger partial charge in [0.25, 0.3) is 0 Å².